The summed E-state index contributed by atoms with van der Waals surface area (Å²) in [6, 6.07) is 17.3. The molecule has 0 unspecified atom stereocenters. The van der Waals surface area contributed by atoms with Gasteiger partial charge in [0.25, 0.3) is 5.56 Å². The fourth-order valence-corrected chi connectivity index (χ4v) is 3.69. The lowest BCUT2D eigenvalue weighted by Gasteiger charge is -2.34. The normalized spacial score (nSPS) is 15.9. The van der Waals surface area contributed by atoms with Crippen molar-refractivity contribution >= 4 is 6.03 Å². The zero-order chi connectivity index (χ0) is 19.5. The predicted octanol–water partition coefficient (Wildman–Crippen LogP) is 2.98. The molecule has 1 aliphatic rings. The van der Waals surface area contributed by atoms with Crippen LogP contribution in [0.4, 0.5) is 4.79 Å². The van der Waals surface area contributed by atoms with E-state index in [9.17, 15) is 9.59 Å². The van der Waals surface area contributed by atoms with Crippen molar-refractivity contribution in [1.82, 2.24) is 19.4 Å². The molecule has 6 nitrogen and oxygen atoms in total. The van der Waals surface area contributed by atoms with Gasteiger partial charge in [0, 0.05) is 43.8 Å². The molecule has 0 saturated heterocycles. The minimum atomic E-state index is -0.0418. The van der Waals surface area contributed by atoms with Crippen LogP contribution >= 0.6 is 0 Å². The number of fused-ring (bicyclic) bond motifs is 1. The third-order valence-corrected chi connectivity index (χ3v) is 5.32. The minimum Gasteiger partial charge on any atom is -0.348 e. The number of pyridine rings is 1. The smallest absolute Gasteiger partial charge is 0.318 e. The second-order valence-corrected chi connectivity index (χ2v) is 7.14. The fourth-order valence-electron chi connectivity index (χ4n) is 3.69. The molecule has 3 heterocycles. The van der Waals surface area contributed by atoms with Gasteiger partial charge in [-0.25, -0.2) is 4.79 Å². The van der Waals surface area contributed by atoms with Gasteiger partial charge in [0.2, 0.25) is 0 Å². The first-order chi connectivity index (χ1) is 13.6. The lowest BCUT2D eigenvalue weighted by atomic mass is 10.1. The van der Waals surface area contributed by atoms with Crippen molar-refractivity contribution in [2.75, 3.05) is 6.54 Å². The van der Waals surface area contributed by atoms with Gasteiger partial charge in [-0.15, -0.1) is 0 Å². The highest BCUT2D eigenvalue weighted by molar-refractivity contribution is 5.74. The van der Waals surface area contributed by atoms with E-state index in [1.165, 1.54) is 5.69 Å². The van der Waals surface area contributed by atoms with E-state index >= 15 is 0 Å². The molecular weight excluding hydrogens is 352 g/mol. The van der Waals surface area contributed by atoms with Crippen LogP contribution in [0.25, 0.3) is 0 Å². The Morgan fingerprint density at radius 1 is 1.00 bits per heavy atom. The molecule has 6 heteroatoms. The van der Waals surface area contributed by atoms with Gasteiger partial charge in [0.05, 0.1) is 12.6 Å². The fraction of sp³-hybridized carbons (Fsp3) is 0.273. The highest BCUT2D eigenvalue weighted by Gasteiger charge is 2.27. The van der Waals surface area contributed by atoms with E-state index in [1.807, 2.05) is 41.3 Å². The third-order valence-electron chi connectivity index (χ3n) is 5.32. The first kappa shape index (κ1) is 18.1. The van der Waals surface area contributed by atoms with E-state index in [-0.39, 0.29) is 17.6 Å². The molecule has 1 aliphatic heterocycles. The molecule has 4 rings (SSSR count). The van der Waals surface area contributed by atoms with Gasteiger partial charge in [-0.2, -0.15) is 0 Å². The van der Waals surface area contributed by atoms with Crippen molar-refractivity contribution in [2.45, 2.75) is 32.6 Å². The molecule has 2 aromatic heterocycles. The Balaban J connectivity index is 1.34. The number of nitrogens with zero attached hydrogens (tertiary/aromatic N) is 3. The number of carbonyl (C=O) groups is 1. The highest BCUT2D eigenvalue weighted by Crippen LogP contribution is 2.25. The van der Waals surface area contributed by atoms with Crippen LogP contribution in [0, 0.1) is 0 Å². The quantitative estimate of drug-likeness (QED) is 0.761. The number of carbonyl (C=O) groups excluding carboxylic acids is 1. The predicted molar refractivity (Wildman–Crippen MR) is 108 cm³/mol. The highest BCUT2D eigenvalue weighted by atomic mass is 16.2. The number of hydrogen-bond acceptors (Lipinski definition) is 2. The molecule has 28 heavy (non-hydrogen) atoms. The number of aromatic nitrogens is 2. The average molecular weight is 376 g/mol. The number of amides is 2. The monoisotopic (exact) mass is 376 g/mol. The van der Waals surface area contributed by atoms with Crippen LogP contribution in [0.2, 0.25) is 0 Å². The van der Waals surface area contributed by atoms with Crippen LogP contribution in [0.5, 0.6) is 0 Å². The van der Waals surface area contributed by atoms with Gasteiger partial charge in [-0.1, -0.05) is 30.3 Å². The summed E-state index contributed by atoms with van der Waals surface area (Å²) in [7, 11) is 0. The molecule has 1 atom stereocenters. The van der Waals surface area contributed by atoms with Crippen molar-refractivity contribution in [3.8, 4) is 0 Å². The Labute approximate surface area is 164 Å². The largest absolute Gasteiger partial charge is 0.348 e. The number of nitrogens with one attached hydrogen (secondary N) is 1. The Morgan fingerprint density at radius 3 is 2.57 bits per heavy atom. The summed E-state index contributed by atoms with van der Waals surface area (Å²) in [6.45, 7) is 4.61. The molecular formula is C22H24N4O2. The van der Waals surface area contributed by atoms with Crippen LogP contribution in [0.1, 0.15) is 29.8 Å². The van der Waals surface area contributed by atoms with E-state index in [1.54, 1.807) is 22.9 Å². The molecule has 1 aromatic carbocycles. The Bertz CT molecular complexity index is 1020. The number of urea groups is 1. The lowest BCUT2D eigenvalue weighted by molar-refractivity contribution is 0.162. The van der Waals surface area contributed by atoms with Crippen LogP contribution in [0.15, 0.2) is 71.8 Å². The lowest BCUT2D eigenvalue weighted by Crippen LogP contribution is -2.45. The molecule has 2 amide bonds. The standard InChI is InChI=1S/C22H24N4O2/c1-17-20-5-4-12-24(20)13-14-26(17)22(28)23-15-18-7-9-19(10-8-18)16-25-11-3-2-6-21(25)27/h2-12,17H,13-16H2,1H3,(H,23,28)/t17-/m1/s1. The summed E-state index contributed by atoms with van der Waals surface area (Å²) < 4.78 is 3.87. The second-order valence-electron chi connectivity index (χ2n) is 7.14. The number of rotatable bonds is 4. The van der Waals surface area contributed by atoms with Crippen LogP contribution in [0.3, 0.4) is 0 Å². The molecule has 0 saturated carbocycles. The van der Waals surface area contributed by atoms with Gasteiger partial charge in [-0.05, 0) is 36.2 Å². The summed E-state index contributed by atoms with van der Waals surface area (Å²) in [6.07, 6.45) is 3.85. The number of benzene rings is 1. The Hall–Kier alpha value is -3.28. The van der Waals surface area contributed by atoms with Gasteiger partial charge in [0.1, 0.15) is 0 Å². The average Bonchev–Trinajstić information content (AvgIpc) is 3.19. The maximum absolute atomic E-state index is 12.6. The van der Waals surface area contributed by atoms with Crippen LogP contribution in [-0.4, -0.2) is 26.6 Å². The third kappa shape index (κ3) is 3.71. The summed E-state index contributed by atoms with van der Waals surface area (Å²) in [5.74, 6) is 0. The van der Waals surface area contributed by atoms with Crippen molar-refractivity contribution in [3.63, 3.8) is 0 Å². The second kappa shape index (κ2) is 7.76. The van der Waals surface area contributed by atoms with Crippen molar-refractivity contribution < 1.29 is 4.79 Å². The van der Waals surface area contributed by atoms with Crippen LogP contribution < -0.4 is 10.9 Å². The van der Waals surface area contributed by atoms with Crippen LogP contribution in [-0.2, 0) is 19.6 Å². The molecule has 0 spiro atoms. The molecule has 1 N–H and O–H groups in total. The SMILES string of the molecule is C[C@@H]1c2cccn2CCN1C(=O)NCc1ccc(Cn2ccccc2=O)cc1. The summed E-state index contributed by atoms with van der Waals surface area (Å²) in [5, 5.41) is 3.02. The Kier molecular flexibility index (Phi) is 5.02. The summed E-state index contributed by atoms with van der Waals surface area (Å²) in [5.41, 5.74) is 3.24. The topological polar surface area (TPSA) is 59.3 Å². The summed E-state index contributed by atoms with van der Waals surface area (Å²) >= 11 is 0. The Morgan fingerprint density at radius 2 is 1.79 bits per heavy atom. The zero-order valence-corrected chi connectivity index (χ0v) is 15.9. The number of hydrogen-bond donors (Lipinski definition) is 1. The van der Waals surface area contributed by atoms with E-state index in [4.69, 9.17) is 0 Å². The molecule has 3 aromatic rings. The van der Waals surface area contributed by atoms with Gasteiger partial charge >= 0.3 is 6.03 Å². The van der Waals surface area contributed by atoms with Crippen molar-refractivity contribution in [1.29, 1.82) is 0 Å². The molecule has 0 aliphatic carbocycles. The van der Waals surface area contributed by atoms with Gasteiger partial charge < -0.3 is 19.4 Å². The molecule has 0 radical (unpaired) electrons. The van der Waals surface area contributed by atoms with E-state index in [0.29, 0.717) is 19.6 Å². The maximum atomic E-state index is 12.6. The van der Waals surface area contributed by atoms with E-state index in [2.05, 4.69) is 29.1 Å². The van der Waals surface area contributed by atoms with E-state index in [0.717, 1.165) is 17.7 Å². The zero-order valence-electron chi connectivity index (χ0n) is 15.9. The molecule has 144 valence electrons. The first-order valence-electron chi connectivity index (χ1n) is 9.54. The van der Waals surface area contributed by atoms with E-state index < -0.39 is 0 Å². The minimum absolute atomic E-state index is 0.0133. The van der Waals surface area contributed by atoms with Crippen molar-refractivity contribution in [3.05, 3.63) is 94.2 Å². The summed E-state index contributed by atoms with van der Waals surface area (Å²) in [4.78, 5) is 26.3. The first-order valence-corrected chi connectivity index (χ1v) is 9.54. The van der Waals surface area contributed by atoms with Gasteiger partial charge in [0.15, 0.2) is 0 Å². The van der Waals surface area contributed by atoms with Crippen molar-refractivity contribution in [2.24, 2.45) is 0 Å². The molecule has 0 fully saturated rings. The van der Waals surface area contributed by atoms with Gasteiger partial charge in [-0.3, -0.25) is 4.79 Å². The maximum Gasteiger partial charge on any atom is 0.318 e. The molecule has 0 bridgehead atoms.